The van der Waals surface area contributed by atoms with Crippen molar-refractivity contribution in [2.45, 2.75) is 24.9 Å². The van der Waals surface area contributed by atoms with Gasteiger partial charge in [0.25, 0.3) is 0 Å². The topological polar surface area (TPSA) is 38.5 Å². The van der Waals surface area contributed by atoms with E-state index < -0.39 is 0 Å². The Kier molecular flexibility index (Phi) is 2.70. The molecule has 1 aromatic carbocycles. The SMILES string of the molecule is c1ccc2oc(-c3cnc4c(c3)CC3(CN5CCC3CC5)O4)cc2c1. The fourth-order valence-corrected chi connectivity index (χ4v) is 4.97. The Morgan fingerprint density at radius 2 is 2.00 bits per heavy atom. The number of furan rings is 1. The molecule has 2 bridgehead atoms. The third kappa shape index (κ3) is 2.00. The van der Waals surface area contributed by atoms with Crippen molar-refractivity contribution in [3.8, 4) is 17.2 Å². The van der Waals surface area contributed by atoms with Crippen LogP contribution in [-0.2, 0) is 6.42 Å². The smallest absolute Gasteiger partial charge is 0.217 e. The van der Waals surface area contributed by atoms with Crippen LogP contribution in [0.2, 0.25) is 0 Å². The van der Waals surface area contributed by atoms with Gasteiger partial charge in [-0.05, 0) is 44.1 Å². The van der Waals surface area contributed by atoms with Crippen molar-refractivity contribution in [2.24, 2.45) is 5.92 Å². The van der Waals surface area contributed by atoms with Crippen LogP contribution in [0, 0.1) is 5.92 Å². The molecule has 4 nitrogen and oxygen atoms in total. The van der Waals surface area contributed by atoms with Crippen molar-refractivity contribution >= 4 is 11.0 Å². The molecule has 0 aliphatic carbocycles. The fourth-order valence-electron chi connectivity index (χ4n) is 4.97. The zero-order valence-electron chi connectivity index (χ0n) is 14.1. The van der Waals surface area contributed by atoms with Crippen molar-refractivity contribution in [1.82, 2.24) is 9.88 Å². The molecule has 1 spiro atoms. The van der Waals surface area contributed by atoms with E-state index in [9.17, 15) is 0 Å². The predicted octanol–water partition coefficient (Wildman–Crippen LogP) is 3.89. The van der Waals surface area contributed by atoms with Gasteiger partial charge in [0.2, 0.25) is 5.88 Å². The zero-order chi connectivity index (χ0) is 16.4. The van der Waals surface area contributed by atoms with Crippen molar-refractivity contribution in [3.63, 3.8) is 0 Å². The first-order valence-corrected chi connectivity index (χ1v) is 9.18. The Hall–Kier alpha value is -2.33. The molecule has 0 radical (unpaired) electrons. The van der Waals surface area contributed by atoms with Crippen molar-refractivity contribution in [1.29, 1.82) is 0 Å². The molecular formula is C21H20N2O2. The molecule has 0 amide bonds. The summed E-state index contributed by atoms with van der Waals surface area (Å²) in [7, 11) is 0. The lowest BCUT2D eigenvalue weighted by atomic mass is 9.73. The average Bonchev–Trinajstić information content (AvgIpc) is 3.22. The molecule has 1 unspecified atom stereocenters. The average molecular weight is 332 g/mol. The number of ether oxygens (including phenoxy) is 1. The number of piperidine rings is 3. The van der Waals surface area contributed by atoms with E-state index in [-0.39, 0.29) is 5.60 Å². The summed E-state index contributed by atoms with van der Waals surface area (Å²) in [6, 6.07) is 12.4. The molecular weight excluding hydrogens is 312 g/mol. The second kappa shape index (κ2) is 4.85. The maximum atomic E-state index is 6.44. The van der Waals surface area contributed by atoms with Crippen LogP contribution in [0.1, 0.15) is 18.4 Å². The number of hydrogen-bond acceptors (Lipinski definition) is 4. The summed E-state index contributed by atoms with van der Waals surface area (Å²) in [6.45, 7) is 3.50. The Morgan fingerprint density at radius 1 is 1.12 bits per heavy atom. The summed E-state index contributed by atoms with van der Waals surface area (Å²) in [5, 5.41) is 1.13. The molecule has 1 atom stereocenters. The van der Waals surface area contributed by atoms with Gasteiger partial charge in [0.05, 0.1) is 0 Å². The van der Waals surface area contributed by atoms with E-state index in [1.165, 1.54) is 31.5 Å². The summed E-state index contributed by atoms with van der Waals surface area (Å²) in [6.07, 6.45) is 5.37. The summed E-state index contributed by atoms with van der Waals surface area (Å²) in [5.41, 5.74) is 3.14. The van der Waals surface area contributed by atoms with E-state index in [4.69, 9.17) is 9.15 Å². The molecule has 7 rings (SSSR count). The van der Waals surface area contributed by atoms with Gasteiger partial charge in [0.1, 0.15) is 16.9 Å². The van der Waals surface area contributed by atoms with E-state index in [1.807, 2.05) is 24.4 Å². The molecule has 4 aliphatic heterocycles. The minimum absolute atomic E-state index is 0.0433. The lowest BCUT2D eigenvalue weighted by Gasteiger charge is -2.50. The molecule has 3 fully saturated rings. The predicted molar refractivity (Wildman–Crippen MR) is 95.7 cm³/mol. The van der Waals surface area contributed by atoms with Gasteiger partial charge in [-0.1, -0.05) is 18.2 Å². The molecule has 4 aliphatic rings. The third-order valence-electron chi connectivity index (χ3n) is 6.25. The minimum atomic E-state index is -0.0433. The molecule has 4 heteroatoms. The number of nitrogens with zero attached hydrogens (tertiary/aromatic N) is 2. The molecule has 0 N–H and O–H groups in total. The van der Waals surface area contributed by atoms with E-state index in [2.05, 4.69) is 28.1 Å². The van der Waals surface area contributed by atoms with E-state index in [0.29, 0.717) is 5.92 Å². The van der Waals surface area contributed by atoms with Gasteiger partial charge >= 0.3 is 0 Å². The van der Waals surface area contributed by atoms with Crippen LogP contribution >= 0.6 is 0 Å². The number of aromatic nitrogens is 1. The minimum Gasteiger partial charge on any atom is -0.469 e. The largest absolute Gasteiger partial charge is 0.469 e. The first kappa shape index (κ1) is 13.9. The normalized spacial score (nSPS) is 29.9. The first-order valence-electron chi connectivity index (χ1n) is 9.18. The van der Waals surface area contributed by atoms with Gasteiger partial charge in [-0.3, -0.25) is 4.90 Å². The Labute approximate surface area is 146 Å². The van der Waals surface area contributed by atoms with Gasteiger partial charge in [-0.15, -0.1) is 0 Å². The lowest BCUT2D eigenvalue weighted by Crippen LogP contribution is -2.61. The van der Waals surface area contributed by atoms with Crippen LogP contribution in [0.4, 0.5) is 0 Å². The van der Waals surface area contributed by atoms with Crippen LogP contribution in [0.3, 0.4) is 0 Å². The lowest BCUT2D eigenvalue weighted by molar-refractivity contribution is -0.0814. The molecule has 6 heterocycles. The van der Waals surface area contributed by atoms with E-state index in [0.717, 1.165) is 41.1 Å². The quantitative estimate of drug-likeness (QED) is 0.677. The van der Waals surface area contributed by atoms with Crippen LogP contribution < -0.4 is 4.74 Å². The van der Waals surface area contributed by atoms with Crippen LogP contribution in [0.15, 0.2) is 47.0 Å². The molecule has 3 aromatic rings. The summed E-state index contributed by atoms with van der Waals surface area (Å²) in [4.78, 5) is 7.19. The highest BCUT2D eigenvalue weighted by molar-refractivity contribution is 5.82. The van der Waals surface area contributed by atoms with E-state index >= 15 is 0 Å². The number of benzene rings is 1. The highest BCUT2D eigenvalue weighted by Gasteiger charge is 2.52. The van der Waals surface area contributed by atoms with Crippen molar-refractivity contribution < 1.29 is 9.15 Å². The van der Waals surface area contributed by atoms with Crippen LogP contribution in [0.5, 0.6) is 5.88 Å². The van der Waals surface area contributed by atoms with E-state index in [1.54, 1.807) is 0 Å². The number of rotatable bonds is 1. The summed E-state index contributed by atoms with van der Waals surface area (Å²) < 4.78 is 12.4. The van der Waals surface area contributed by atoms with Crippen LogP contribution in [0.25, 0.3) is 22.3 Å². The standard InChI is InChI=1S/C21H20N2O2/c1-2-4-18-14(3-1)10-19(24-18)16-9-15-11-21(25-20(15)22-12-16)13-23-7-5-17(21)6-8-23/h1-4,9-10,12,17H,5-8,11,13H2. The molecule has 2 aromatic heterocycles. The maximum Gasteiger partial charge on any atom is 0.217 e. The highest BCUT2D eigenvalue weighted by atomic mass is 16.5. The second-order valence-electron chi connectivity index (χ2n) is 7.73. The second-order valence-corrected chi connectivity index (χ2v) is 7.73. The van der Waals surface area contributed by atoms with Gasteiger partial charge in [-0.25, -0.2) is 4.98 Å². The van der Waals surface area contributed by atoms with Crippen LogP contribution in [-0.4, -0.2) is 35.1 Å². The number of para-hydroxylation sites is 1. The molecule has 126 valence electrons. The number of fused-ring (bicyclic) bond motifs is 4. The highest BCUT2D eigenvalue weighted by Crippen LogP contribution is 2.46. The third-order valence-corrected chi connectivity index (χ3v) is 6.25. The van der Waals surface area contributed by atoms with Crippen molar-refractivity contribution in [2.75, 3.05) is 19.6 Å². The molecule has 0 saturated carbocycles. The molecule has 3 saturated heterocycles. The Balaban J connectivity index is 1.37. The molecule has 25 heavy (non-hydrogen) atoms. The maximum absolute atomic E-state index is 6.44. The van der Waals surface area contributed by atoms with Gasteiger partial charge in [-0.2, -0.15) is 0 Å². The Morgan fingerprint density at radius 3 is 2.80 bits per heavy atom. The van der Waals surface area contributed by atoms with Gasteiger partial charge in [0.15, 0.2) is 0 Å². The summed E-state index contributed by atoms with van der Waals surface area (Å²) in [5.74, 6) is 2.38. The fraction of sp³-hybridized carbons (Fsp3) is 0.381. The monoisotopic (exact) mass is 332 g/mol. The number of hydrogen-bond donors (Lipinski definition) is 0. The first-order chi connectivity index (χ1) is 12.3. The van der Waals surface area contributed by atoms with Gasteiger partial charge in [0, 0.05) is 41.6 Å². The number of pyridine rings is 1. The van der Waals surface area contributed by atoms with Crippen molar-refractivity contribution in [3.05, 3.63) is 48.2 Å². The zero-order valence-corrected chi connectivity index (χ0v) is 14.1. The summed E-state index contributed by atoms with van der Waals surface area (Å²) >= 11 is 0. The Bertz CT molecular complexity index is 938. The van der Waals surface area contributed by atoms with Gasteiger partial charge < -0.3 is 9.15 Å².